The molecule has 0 aliphatic rings. The van der Waals surface area contributed by atoms with Gasteiger partial charge in [0.15, 0.2) is 12.2 Å². The van der Waals surface area contributed by atoms with E-state index < -0.39 is 0 Å². The maximum absolute atomic E-state index is 5.27. The molecule has 0 amide bonds. The third kappa shape index (κ3) is 2.01. The van der Waals surface area contributed by atoms with E-state index in [1.54, 1.807) is 0 Å². The molecule has 1 aromatic carbocycles. The molecule has 0 saturated carbocycles. The van der Waals surface area contributed by atoms with E-state index in [-0.39, 0.29) is 0 Å². The lowest BCUT2D eigenvalue weighted by atomic mass is 10.1. The Bertz CT molecular complexity index is 510. The molecule has 0 unspecified atom stereocenters. The second-order valence-electron chi connectivity index (χ2n) is 3.02. The van der Waals surface area contributed by atoms with Crippen molar-refractivity contribution in [2.45, 2.75) is 6.92 Å². The van der Waals surface area contributed by atoms with Crippen molar-refractivity contribution in [3.8, 4) is 11.3 Å². The Labute approximate surface area is 92.5 Å². The summed E-state index contributed by atoms with van der Waals surface area (Å²) in [6.07, 6.45) is 1.44. The lowest BCUT2D eigenvalue weighted by Crippen LogP contribution is -1.77. The third-order valence-electron chi connectivity index (χ3n) is 2.05. The molecule has 0 aliphatic heterocycles. The number of hydrogen-bond acceptors (Lipinski definition) is 4. The van der Waals surface area contributed by atoms with Gasteiger partial charge in [-0.15, -0.1) is 0 Å². The maximum atomic E-state index is 5.27. The fraction of sp³-hybridized carbons (Fsp3) is 0.0909. The number of aromatic nitrogens is 1. The quantitative estimate of drug-likeness (QED) is 0.570. The van der Waals surface area contributed by atoms with Crippen LogP contribution in [0, 0.1) is 6.92 Å². The van der Waals surface area contributed by atoms with Crippen LogP contribution in [0.4, 0.5) is 5.69 Å². The Morgan fingerprint density at radius 1 is 1.33 bits per heavy atom. The van der Waals surface area contributed by atoms with E-state index in [1.165, 1.54) is 6.39 Å². The summed E-state index contributed by atoms with van der Waals surface area (Å²) in [5, 5.41) is 2.32. The number of aryl methyl sites for hydroxylation is 1. The van der Waals surface area contributed by atoms with Gasteiger partial charge in [0.1, 0.15) is 0 Å². The van der Waals surface area contributed by atoms with Gasteiger partial charge in [-0.05, 0) is 43.4 Å². The van der Waals surface area contributed by atoms with Gasteiger partial charge < -0.3 is 4.42 Å². The van der Waals surface area contributed by atoms with Crippen LogP contribution < -0.4 is 0 Å². The Morgan fingerprint density at radius 3 is 2.60 bits per heavy atom. The van der Waals surface area contributed by atoms with Crippen LogP contribution >= 0.6 is 12.2 Å². The zero-order chi connectivity index (χ0) is 10.7. The van der Waals surface area contributed by atoms with Crippen LogP contribution in [-0.4, -0.2) is 10.1 Å². The fourth-order valence-electron chi connectivity index (χ4n) is 1.32. The molecule has 4 heteroatoms. The highest BCUT2D eigenvalue weighted by Gasteiger charge is 2.05. The largest absolute Gasteiger partial charge is 0.443 e. The summed E-state index contributed by atoms with van der Waals surface area (Å²) in [7, 11) is 0. The van der Waals surface area contributed by atoms with E-state index >= 15 is 0 Å². The first kappa shape index (κ1) is 9.77. The topological polar surface area (TPSA) is 38.4 Å². The van der Waals surface area contributed by atoms with Crippen molar-refractivity contribution in [3.63, 3.8) is 0 Å². The minimum atomic E-state index is 0.783. The molecule has 0 bridgehead atoms. The summed E-state index contributed by atoms with van der Waals surface area (Å²) in [4.78, 5) is 7.90. The number of thiocarbonyl (C=S) groups is 1. The fourth-order valence-corrected chi connectivity index (χ4v) is 1.42. The zero-order valence-electron chi connectivity index (χ0n) is 8.10. The molecular weight excluding hydrogens is 208 g/mol. The standard InChI is InChI=1S/C11H8N2OS/c1-8-11(14-6-12-8)9-2-4-10(5-3-9)13-7-15/h2-6H,1H3. The highest BCUT2D eigenvalue weighted by Crippen LogP contribution is 2.24. The van der Waals surface area contributed by atoms with Crippen LogP contribution in [0.3, 0.4) is 0 Å². The predicted octanol–water partition coefficient (Wildman–Crippen LogP) is 3.38. The summed E-state index contributed by atoms with van der Waals surface area (Å²) in [6, 6.07) is 7.55. The van der Waals surface area contributed by atoms with Crippen molar-refractivity contribution in [1.29, 1.82) is 0 Å². The van der Waals surface area contributed by atoms with Gasteiger partial charge in [-0.3, -0.25) is 0 Å². The molecule has 0 fully saturated rings. The average molecular weight is 216 g/mol. The van der Waals surface area contributed by atoms with Crippen molar-refractivity contribution in [1.82, 2.24) is 4.98 Å². The summed E-state index contributed by atoms with van der Waals surface area (Å²) in [5.41, 5.74) is 2.64. The second-order valence-corrected chi connectivity index (χ2v) is 3.20. The number of hydrogen-bond donors (Lipinski definition) is 0. The lowest BCUT2D eigenvalue weighted by molar-refractivity contribution is 0.571. The minimum Gasteiger partial charge on any atom is -0.443 e. The van der Waals surface area contributed by atoms with Gasteiger partial charge in [0.25, 0.3) is 0 Å². The maximum Gasteiger partial charge on any atom is 0.181 e. The summed E-state index contributed by atoms with van der Waals surface area (Å²) < 4.78 is 5.27. The Balaban J connectivity index is 2.40. The van der Waals surface area contributed by atoms with Crippen LogP contribution in [-0.2, 0) is 0 Å². The summed E-state index contributed by atoms with van der Waals surface area (Å²) in [6.45, 7) is 1.90. The summed E-state index contributed by atoms with van der Waals surface area (Å²) >= 11 is 4.52. The molecule has 2 aromatic rings. The number of nitrogens with zero attached hydrogens (tertiary/aromatic N) is 2. The summed E-state index contributed by atoms with van der Waals surface area (Å²) in [5.74, 6) is 0.785. The number of rotatable bonds is 2. The average Bonchev–Trinajstić information content (AvgIpc) is 2.66. The SMILES string of the molecule is Cc1ncoc1-c1ccc(N=C=S)cc1. The van der Waals surface area contributed by atoms with Gasteiger partial charge in [-0.1, -0.05) is 0 Å². The van der Waals surface area contributed by atoms with Crippen LogP contribution in [0.25, 0.3) is 11.3 Å². The highest BCUT2D eigenvalue weighted by atomic mass is 32.1. The van der Waals surface area contributed by atoms with E-state index in [9.17, 15) is 0 Å². The lowest BCUT2D eigenvalue weighted by Gasteiger charge is -1.97. The Morgan fingerprint density at radius 2 is 2.07 bits per heavy atom. The number of aliphatic imine (C=N–C) groups is 1. The van der Waals surface area contributed by atoms with E-state index in [1.807, 2.05) is 31.2 Å². The van der Waals surface area contributed by atoms with E-state index in [4.69, 9.17) is 4.42 Å². The molecule has 74 valence electrons. The molecule has 0 atom stereocenters. The van der Waals surface area contributed by atoms with E-state index in [2.05, 4.69) is 27.4 Å². The van der Waals surface area contributed by atoms with Gasteiger partial charge in [0.2, 0.25) is 0 Å². The van der Waals surface area contributed by atoms with Crippen molar-refractivity contribution in [3.05, 3.63) is 36.4 Å². The first-order chi connectivity index (χ1) is 7.31. The predicted molar refractivity (Wildman–Crippen MR) is 61.4 cm³/mol. The molecular formula is C11H8N2OS. The van der Waals surface area contributed by atoms with Gasteiger partial charge in [0, 0.05) is 5.56 Å². The van der Waals surface area contributed by atoms with Crippen LogP contribution in [0.2, 0.25) is 0 Å². The second kappa shape index (κ2) is 4.17. The smallest absolute Gasteiger partial charge is 0.181 e. The number of isothiocyanates is 1. The monoisotopic (exact) mass is 216 g/mol. The molecule has 1 heterocycles. The van der Waals surface area contributed by atoms with Gasteiger partial charge in [0.05, 0.1) is 16.5 Å². The normalized spacial score (nSPS) is 9.67. The van der Waals surface area contributed by atoms with Crippen LogP contribution in [0.5, 0.6) is 0 Å². The van der Waals surface area contributed by atoms with E-state index in [0.717, 1.165) is 22.7 Å². The number of benzene rings is 1. The van der Waals surface area contributed by atoms with E-state index in [0.29, 0.717) is 0 Å². The minimum absolute atomic E-state index is 0.783. The molecule has 15 heavy (non-hydrogen) atoms. The molecule has 0 saturated heterocycles. The first-order valence-electron chi connectivity index (χ1n) is 4.39. The zero-order valence-corrected chi connectivity index (χ0v) is 8.91. The van der Waals surface area contributed by atoms with Gasteiger partial charge >= 0.3 is 0 Å². The van der Waals surface area contributed by atoms with Crippen molar-refractivity contribution in [2.24, 2.45) is 4.99 Å². The Hall–Kier alpha value is -1.77. The van der Waals surface area contributed by atoms with Crippen molar-refractivity contribution >= 4 is 23.1 Å². The van der Waals surface area contributed by atoms with Crippen molar-refractivity contribution < 1.29 is 4.42 Å². The van der Waals surface area contributed by atoms with Crippen molar-refractivity contribution in [2.75, 3.05) is 0 Å². The van der Waals surface area contributed by atoms with Gasteiger partial charge in [-0.25, -0.2) is 4.98 Å². The molecule has 3 nitrogen and oxygen atoms in total. The molecule has 1 aromatic heterocycles. The highest BCUT2D eigenvalue weighted by molar-refractivity contribution is 7.78. The molecule has 0 spiro atoms. The first-order valence-corrected chi connectivity index (χ1v) is 4.80. The third-order valence-corrected chi connectivity index (χ3v) is 2.14. The van der Waals surface area contributed by atoms with Crippen LogP contribution in [0.1, 0.15) is 5.69 Å². The Kier molecular flexibility index (Phi) is 2.72. The number of oxazole rings is 1. The van der Waals surface area contributed by atoms with Gasteiger partial charge in [-0.2, -0.15) is 4.99 Å². The molecule has 2 rings (SSSR count). The molecule has 0 N–H and O–H groups in total. The van der Waals surface area contributed by atoms with Crippen LogP contribution in [0.15, 0.2) is 40.1 Å². The molecule has 0 aliphatic carbocycles. The molecule has 0 radical (unpaired) electrons.